The number of pyridine rings is 1. The number of aliphatic hydroxyl groups excluding tert-OH is 1. The number of halogens is 2. The van der Waals surface area contributed by atoms with E-state index in [2.05, 4.69) is 10.3 Å². The van der Waals surface area contributed by atoms with Crippen molar-refractivity contribution in [1.82, 2.24) is 4.98 Å². The molecule has 0 saturated heterocycles. The van der Waals surface area contributed by atoms with Crippen LogP contribution in [0.3, 0.4) is 0 Å². The van der Waals surface area contributed by atoms with Crippen LogP contribution in [0.1, 0.15) is 12.8 Å². The van der Waals surface area contributed by atoms with E-state index in [-0.39, 0.29) is 23.8 Å². The van der Waals surface area contributed by atoms with Crippen molar-refractivity contribution in [1.29, 1.82) is 0 Å². The van der Waals surface area contributed by atoms with Gasteiger partial charge in [-0.3, -0.25) is 0 Å². The van der Waals surface area contributed by atoms with Crippen molar-refractivity contribution < 1.29 is 13.9 Å². The molecule has 1 aliphatic carbocycles. The molecule has 15 heavy (non-hydrogen) atoms. The molecule has 0 radical (unpaired) electrons. The number of nitrogen functional groups attached to an aromatic ring is 1. The Morgan fingerprint density at radius 3 is 2.67 bits per heavy atom. The smallest absolute Gasteiger partial charge is 0.168 e. The van der Waals surface area contributed by atoms with Crippen LogP contribution in [0.5, 0.6) is 0 Å². The van der Waals surface area contributed by atoms with E-state index in [0.717, 1.165) is 0 Å². The standard InChI is InChI=1S/C9H11F2N3O/c10-6-3-7(11)9(14-8(6)12)13-4-1-5(15)2-4/h3-5,15H,1-2H2,(H3,12,13,14). The van der Waals surface area contributed by atoms with E-state index >= 15 is 0 Å². The summed E-state index contributed by atoms with van der Waals surface area (Å²) in [5.41, 5.74) is 5.21. The van der Waals surface area contributed by atoms with E-state index in [1.807, 2.05) is 0 Å². The molecule has 0 aromatic carbocycles. The Hall–Kier alpha value is -1.43. The molecule has 0 aliphatic heterocycles. The molecule has 1 heterocycles. The van der Waals surface area contributed by atoms with Gasteiger partial charge in [-0.1, -0.05) is 0 Å². The van der Waals surface area contributed by atoms with Crippen LogP contribution >= 0.6 is 0 Å². The molecule has 1 saturated carbocycles. The Morgan fingerprint density at radius 1 is 1.40 bits per heavy atom. The summed E-state index contributed by atoms with van der Waals surface area (Å²) in [4.78, 5) is 3.55. The number of rotatable bonds is 2. The van der Waals surface area contributed by atoms with Crippen LogP contribution < -0.4 is 11.1 Å². The molecule has 0 unspecified atom stereocenters. The van der Waals surface area contributed by atoms with Gasteiger partial charge in [0.1, 0.15) is 0 Å². The first-order valence-electron chi connectivity index (χ1n) is 4.62. The summed E-state index contributed by atoms with van der Waals surface area (Å²) in [6.45, 7) is 0. The number of nitrogens with one attached hydrogen (secondary N) is 1. The zero-order valence-corrected chi connectivity index (χ0v) is 7.87. The van der Waals surface area contributed by atoms with Gasteiger partial charge in [-0.2, -0.15) is 0 Å². The molecule has 1 aromatic heterocycles. The maximum absolute atomic E-state index is 13.2. The van der Waals surface area contributed by atoms with Crippen molar-refractivity contribution in [2.75, 3.05) is 11.1 Å². The second-order valence-corrected chi connectivity index (χ2v) is 3.65. The lowest BCUT2D eigenvalue weighted by atomic mass is 9.89. The molecule has 1 aromatic rings. The van der Waals surface area contributed by atoms with Crippen molar-refractivity contribution in [3.8, 4) is 0 Å². The third-order valence-electron chi connectivity index (χ3n) is 2.41. The summed E-state index contributed by atoms with van der Waals surface area (Å²) in [6, 6.07) is 0.673. The van der Waals surface area contributed by atoms with Crippen LogP contribution in [0.25, 0.3) is 0 Å². The first-order valence-corrected chi connectivity index (χ1v) is 4.62. The van der Waals surface area contributed by atoms with Crippen molar-refractivity contribution in [3.63, 3.8) is 0 Å². The van der Waals surface area contributed by atoms with Crippen molar-refractivity contribution >= 4 is 11.6 Å². The van der Waals surface area contributed by atoms with Crippen LogP contribution in [-0.4, -0.2) is 22.2 Å². The first-order chi connectivity index (χ1) is 7.06. The second kappa shape index (κ2) is 3.62. The van der Waals surface area contributed by atoms with Gasteiger partial charge < -0.3 is 16.2 Å². The second-order valence-electron chi connectivity index (χ2n) is 3.65. The summed E-state index contributed by atoms with van der Waals surface area (Å²) in [6.07, 6.45) is 0.736. The Balaban J connectivity index is 2.11. The third kappa shape index (κ3) is 1.99. The third-order valence-corrected chi connectivity index (χ3v) is 2.41. The summed E-state index contributed by atoms with van der Waals surface area (Å²) in [5, 5.41) is 11.8. The van der Waals surface area contributed by atoms with E-state index in [1.54, 1.807) is 0 Å². The average molecular weight is 215 g/mol. The van der Waals surface area contributed by atoms with Crippen LogP contribution in [0.4, 0.5) is 20.4 Å². The minimum Gasteiger partial charge on any atom is -0.393 e. The quantitative estimate of drug-likeness (QED) is 0.684. The Morgan fingerprint density at radius 2 is 2.07 bits per heavy atom. The predicted octanol–water partition coefficient (Wildman–Crippen LogP) is 0.877. The predicted molar refractivity (Wildman–Crippen MR) is 51.2 cm³/mol. The number of aliphatic hydroxyl groups is 1. The molecule has 0 amide bonds. The summed E-state index contributed by atoms with van der Waals surface area (Å²) >= 11 is 0. The van der Waals surface area contributed by atoms with Gasteiger partial charge in [0.05, 0.1) is 6.10 Å². The molecular weight excluding hydrogens is 204 g/mol. The van der Waals surface area contributed by atoms with E-state index in [9.17, 15) is 8.78 Å². The normalized spacial score (nSPS) is 24.7. The summed E-state index contributed by atoms with van der Waals surface area (Å²) in [7, 11) is 0. The first kappa shape index (κ1) is 10.1. The van der Waals surface area contributed by atoms with Gasteiger partial charge in [-0.15, -0.1) is 0 Å². The van der Waals surface area contributed by atoms with Crippen molar-refractivity contribution in [2.45, 2.75) is 25.0 Å². The van der Waals surface area contributed by atoms with Crippen molar-refractivity contribution in [2.24, 2.45) is 0 Å². The van der Waals surface area contributed by atoms with Crippen LogP contribution in [0.2, 0.25) is 0 Å². The minimum atomic E-state index is -0.869. The zero-order valence-electron chi connectivity index (χ0n) is 7.87. The van der Waals surface area contributed by atoms with Gasteiger partial charge in [-0.25, -0.2) is 13.8 Å². The molecule has 0 atom stereocenters. The Kier molecular flexibility index (Phi) is 2.44. The molecule has 82 valence electrons. The molecule has 6 heteroatoms. The van der Waals surface area contributed by atoms with E-state index in [0.29, 0.717) is 18.9 Å². The van der Waals surface area contributed by atoms with E-state index < -0.39 is 11.6 Å². The zero-order chi connectivity index (χ0) is 11.0. The lowest BCUT2D eigenvalue weighted by molar-refractivity contribution is 0.0834. The minimum absolute atomic E-state index is 0.0214. The highest BCUT2D eigenvalue weighted by Gasteiger charge is 2.28. The van der Waals surface area contributed by atoms with Crippen LogP contribution in [-0.2, 0) is 0 Å². The van der Waals surface area contributed by atoms with Crippen LogP contribution in [0, 0.1) is 11.6 Å². The maximum atomic E-state index is 13.2. The van der Waals surface area contributed by atoms with Gasteiger partial charge >= 0.3 is 0 Å². The number of nitrogens with zero attached hydrogens (tertiary/aromatic N) is 1. The number of hydrogen-bond donors (Lipinski definition) is 3. The topological polar surface area (TPSA) is 71.2 Å². The highest BCUT2D eigenvalue weighted by Crippen LogP contribution is 2.25. The van der Waals surface area contributed by atoms with Gasteiger partial charge in [0.2, 0.25) is 0 Å². The fraction of sp³-hybridized carbons (Fsp3) is 0.444. The molecule has 1 fully saturated rings. The van der Waals surface area contributed by atoms with E-state index in [1.165, 1.54) is 0 Å². The molecule has 4 nitrogen and oxygen atoms in total. The summed E-state index contributed by atoms with van der Waals surface area (Å²) in [5.74, 6) is -2.04. The number of anilines is 2. The SMILES string of the molecule is Nc1nc(NC2CC(O)C2)c(F)cc1F. The van der Waals surface area contributed by atoms with Gasteiger partial charge in [0.25, 0.3) is 0 Å². The monoisotopic (exact) mass is 215 g/mol. The molecule has 4 N–H and O–H groups in total. The summed E-state index contributed by atoms with van der Waals surface area (Å²) < 4.78 is 25.9. The Bertz CT molecular complexity index is 380. The Labute approximate surface area is 85.1 Å². The molecule has 0 bridgehead atoms. The number of aromatic nitrogens is 1. The van der Waals surface area contributed by atoms with Gasteiger partial charge in [0, 0.05) is 12.1 Å². The molecular formula is C9H11F2N3O. The number of nitrogens with two attached hydrogens (primary N) is 1. The molecule has 2 rings (SSSR count). The fourth-order valence-corrected chi connectivity index (χ4v) is 1.48. The average Bonchev–Trinajstić information content (AvgIpc) is 2.11. The largest absolute Gasteiger partial charge is 0.393 e. The van der Waals surface area contributed by atoms with Crippen molar-refractivity contribution in [3.05, 3.63) is 17.7 Å². The van der Waals surface area contributed by atoms with Crippen LogP contribution in [0.15, 0.2) is 6.07 Å². The lowest BCUT2D eigenvalue weighted by Crippen LogP contribution is -2.39. The van der Waals surface area contributed by atoms with E-state index in [4.69, 9.17) is 10.8 Å². The number of hydrogen-bond acceptors (Lipinski definition) is 4. The highest BCUT2D eigenvalue weighted by atomic mass is 19.1. The molecule has 1 aliphatic rings. The van der Waals surface area contributed by atoms with Gasteiger partial charge in [0.15, 0.2) is 23.3 Å². The van der Waals surface area contributed by atoms with Gasteiger partial charge in [-0.05, 0) is 12.8 Å². The maximum Gasteiger partial charge on any atom is 0.168 e. The highest BCUT2D eigenvalue weighted by molar-refractivity contribution is 5.45. The molecule has 0 spiro atoms. The lowest BCUT2D eigenvalue weighted by Gasteiger charge is -2.32. The fourth-order valence-electron chi connectivity index (χ4n) is 1.48.